The maximum atomic E-state index is 10.9. The van der Waals surface area contributed by atoms with Crippen LogP contribution >= 0.6 is 0 Å². The SMILES string of the molecule is COc1ccc(COC(=O)CN)c(OC)c1.Cc1ccccc1. The van der Waals surface area contributed by atoms with Crippen molar-refractivity contribution in [2.45, 2.75) is 13.5 Å². The minimum absolute atomic E-state index is 0.127. The third-order valence-corrected chi connectivity index (χ3v) is 2.99. The highest BCUT2D eigenvalue weighted by atomic mass is 16.5. The minimum atomic E-state index is -0.446. The Kier molecular flexibility index (Phi) is 8.24. The number of rotatable bonds is 5. The third kappa shape index (κ3) is 6.84. The average molecular weight is 317 g/mol. The number of aryl methyl sites for hydroxylation is 1. The quantitative estimate of drug-likeness (QED) is 0.859. The van der Waals surface area contributed by atoms with E-state index in [2.05, 4.69) is 19.1 Å². The van der Waals surface area contributed by atoms with Crippen molar-refractivity contribution in [3.05, 3.63) is 59.7 Å². The Hall–Kier alpha value is -2.53. The molecule has 2 aromatic carbocycles. The molecule has 5 heteroatoms. The molecule has 0 radical (unpaired) electrons. The normalized spacial score (nSPS) is 9.39. The van der Waals surface area contributed by atoms with Crippen LogP contribution in [0.2, 0.25) is 0 Å². The van der Waals surface area contributed by atoms with Gasteiger partial charge in [-0.1, -0.05) is 35.9 Å². The maximum Gasteiger partial charge on any atom is 0.320 e. The predicted molar refractivity (Wildman–Crippen MR) is 89.6 cm³/mol. The first-order valence-corrected chi connectivity index (χ1v) is 7.19. The van der Waals surface area contributed by atoms with Gasteiger partial charge in [0.2, 0.25) is 0 Å². The lowest BCUT2D eigenvalue weighted by Crippen LogP contribution is -2.16. The second-order valence-corrected chi connectivity index (χ2v) is 4.70. The van der Waals surface area contributed by atoms with E-state index in [0.29, 0.717) is 11.5 Å². The number of hydrogen-bond acceptors (Lipinski definition) is 5. The van der Waals surface area contributed by atoms with E-state index < -0.39 is 5.97 Å². The summed E-state index contributed by atoms with van der Waals surface area (Å²) in [5.41, 5.74) is 7.22. The molecule has 0 heterocycles. The number of carbonyl (C=O) groups excluding carboxylic acids is 1. The first-order chi connectivity index (χ1) is 11.1. The summed E-state index contributed by atoms with van der Waals surface area (Å²) in [4.78, 5) is 10.9. The van der Waals surface area contributed by atoms with Crippen LogP contribution < -0.4 is 15.2 Å². The summed E-state index contributed by atoms with van der Waals surface area (Å²) in [5.74, 6) is 0.854. The van der Waals surface area contributed by atoms with Gasteiger partial charge in [0.05, 0.1) is 20.8 Å². The van der Waals surface area contributed by atoms with Crippen LogP contribution in [0.5, 0.6) is 11.5 Å². The molecular formula is C18H23NO4. The van der Waals surface area contributed by atoms with Crippen molar-refractivity contribution >= 4 is 5.97 Å². The number of nitrogens with two attached hydrogens (primary N) is 1. The molecule has 0 fully saturated rings. The molecule has 0 atom stereocenters. The van der Waals surface area contributed by atoms with Gasteiger partial charge in [0, 0.05) is 11.6 Å². The fraction of sp³-hybridized carbons (Fsp3) is 0.278. The van der Waals surface area contributed by atoms with Crippen molar-refractivity contribution in [2.24, 2.45) is 5.73 Å². The fourth-order valence-electron chi connectivity index (χ4n) is 1.72. The third-order valence-electron chi connectivity index (χ3n) is 2.99. The van der Waals surface area contributed by atoms with E-state index in [1.807, 2.05) is 18.2 Å². The molecule has 0 aromatic heterocycles. The van der Waals surface area contributed by atoms with Crippen LogP contribution in [0.25, 0.3) is 0 Å². The van der Waals surface area contributed by atoms with Crippen LogP contribution in [0.4, 0.5) is 0 Å². The van der Waals surface area contributed by atoms with Crippen molar-refractivity contribution in [3.8, 4) is 11.5 Å². The Morgan fingerprint density at radius 1 is 1.04 bits per heavy atom. The molecule has 0 amide bonds. The van der Waals surface area contributed by atoms with Crippen LogP contribution in [-0.4, -0.2) is 26.7 Å². The van der Waals surface area contributed by atoms with E-state index in [9.17, 15) is 4.79 Å². The molecule has 124 valence electrons. The van der Waals surface area contributed by atoms with E-state index in [0.717, 1.165) is 5.56 Å². The van der Waals surface area contributed by atoms with E-state index in [-0.39, 0.29) is 13.2 Å². The second kappa shape index (κ2) is 10.2. The van der Waals surface area contributed by atoms with Gasteiger partial charge in [0.1, 0.15) is 18.1 Å². The van der Waals surface area contributed by atoms with Crippen LogP contribution in [0.15, 0.2) is 48.5 Å². The van der Waals surface area contributed by atoms with Gasteiger partial charge in [-0.05, 0) is 19.1 Å². The van der Waals surface area contributed by atoms with Crippen molar-refractivity contribution in [1.29, 1.82) is 0 Å². The summed E-state index contributed by atoms with van der Waals surface area (Å²) in [5, 5.41) is 0. The van der Waals surface area contributed by atoms with Gasteiger partial charge in [0.15, 0.2) is 0 Å². The van der Waals surface area contributed by atoms with Gasteiger partial charge >= 0.3 is 5.97 Å². The Balaban J connectivity index is 0.000000313. The van der Waals surface area contributed by atoms with Crippen molar-refractivity contribution < 1.29 is 19.0 Å². The van der Waals surface area contributed by atoms with E-state index in [4.69, 9.17) is 19.9 Å². The maximum absolute atomic E-state index is 10.9. The smallest absolute Gasteiger partial charge is 0.320 e. The fourth-order valence-corrected chi connectivity index (χ4v) is 1.72. The predicted octanol–water partition coefficient (Wildman–Crippen LogP) is 2.70. The average Bonchev–Trinajstić information content (AvgIpc) is 2.60. The number of esters is 1. The summed E-state index contributed by atoms with van der Waals surface area (Å²) in [6, 6.07) is 15.5. The van der Waals surface area contributed by atoms with Gasteiger partial charge in [-0.25, -0.2) is 0 Å². The van der Waals surface area contributed by atoms with E-state index in [1.54, 1.807) is 32.4 Å². The zero-order chi connectivity index (χ0) is 17.1. The zero-order valence-corrected chi connectivity index (χ0v) is 13.7. The molecule has 2 aromatic rings. The molecule has 2 N–H and O–H groups in total. The summed E-state index contributed by atoms with van der Waals surface area (Å²) >= 11 is 0. The van der Waals surface area contributed by atoms with Gasteiger partial charge in [-0.3, -0.25) is 4.79 Å². The highest BCUT2D eigenvalue weighted by Gasteiger charge is 2.07. The van der Waals surface area contributed by atoms with Crippen LogP contribution in [0.3, 0.4) is 0 Å². The molecular weight excluding hydrogens is 294 g/mol. The lowest BCUT2D eigenvalue weighted by Gasteiger charge is -2.10. The molecule has 0 aliphatic rings. The first-order valence-electron chi connectivity index (χ1n) is 7.19. The van der Waals surface area contributed by atoms with Gasteiger partial charge < -0.3 is 19.9 Å². The van der Waals surface area contributed by atoms with Crippen molar-refractivity contribution in [1.82, 2.24) is 0 Å². The number of methoxy groups -OCH3 is 2. The van der Waals surface area contributed by atoms with Crippen LogP contribution in [0, 0.1) is 6.92 Å². The number of hydrogen-bond donors (Lipinski definition) is 1. The molecule has 0 saturated heterocycles. The summed E-state index contributed by atoms with van der Waals surface area (Å²) in [6.45, 7) is 2.10. The Labute approximate surface area is 137 Å². The summed E-state index contributed by atoms with van der Waals surface area (Å²) < 4.78 is 15.1. The molecule has 0 bridgehead atoms. The van der Waals surface area contributed by atoms with Gasteiger partial charge in [-0.15, -0.1) is 0 Å². The molecule has 0 aliphatic carbocycles. The van der Waals surface area contributed by atoms with Crippen molar-refractivity contribution in [3.63, 3.8) is 0 Å². The standard InChI is InChI=1S/C11H15NO4.C7H8/c1-14-9-4-3-8(10(5-9)15-2)7-16-11(13)6-12;1-7-5-3-2-4-6-7/h3-5H,6-7,12H2,1-2H3;2-6H,1H3. The molecule has 0 spiro atoms. The molecule has 0 saturated carbocycles. The molecule has 2 rings (SSSR count). The summed E-state index contributed by atoms with van der Waals surface area (Å²) in [6.07, 6.45) is 0. The minimum Gasteiger partial charge on any atom is -0.497 e. The Morgan fingerprint density at radius 2 is 1.74 bits per heavy atom. The Morgan fingerprint density at radius 3 is 2.22 bits per heavy atom. The largest absolute Gasteiger partial charge is 0.497 e. The van der Waals surface area contributed by atoms with Crippen molar-refractivity contribution in [2.75, 3.05) is 20.8 Å². The molecule has 0 unspecified atom stereocenters. The first kappa shape index (κ1) is 18.5. The van der Waals surface area contributed by atoms with E-state index >= 15 is 0 Å². The number of ether oxygens (including phenoxy) is 3. The monoisotopic (exact) mass is 317 g/mol. The highest BCUT2D eigenvalue weighted by Crippen LogP contribution is 2.24. The topological polar surface area (TPSA) is 70.8 Å². The molecule has 0 aliphatic heterocycles. The lowest BCUT2D eigenvalue weighted by molar-refractivity contribution is -0.143. The second-order valence-electron chi connectivity index (χ2n) is 4.70. The van der Waals surface area contributed by atoms with Crippen LogP contribution in [-0.2, 0) is 16.1 Å². The summed E-state index contributed by atoms with van der Waals surface area (Å²) in [7, 11) is 3.12. The molecule has 5 nitrogen and oxygen atoms in total. The van der Waals surface area contributed by atoms with Crippen LogP contribution in [0.1, 0.15) is 11.1 Å². The molecule has 23 heavy (non-hydrogen) atoms. The lowest BCUT2D eigenvalue weighted by atomic mass is 10.2. The highest BCUT2D eigenvalue weighted by molar-refractivity contribution is 5.71. The number of benzene rings is 2. The Bertz CT molecular complexity index is 599. The van der Waals surface area contributed by atoms with Gasteiger partial charge in [-0.2, -0.15) is 0 Å². The number of carbonyl (C=O) groups is 1. The van der Waals surface area contributed by atoms with E-state index in [1.165, 1.54) is 5.56 Å². The van der Waals surface area contributed by atoms with Gasteiger partial charge in [0.25, 0.3) is 0 Å². The zero-order valence-electron chi connectivity index (χ0n) is 13.7.